The van der Waals surface area contributed by atoms with Gasteiger partial charge in [0.05, 0.1) is 33.5 Å². The van der Waals surface area contributed by atoms with E-state index < -0.39 is 17.8 Å². The summed E-state index contributed by atoms with van der Waals surface area (Å²) in [7, 11) is 3.14. The van der Waals surface area contributed by atoms with Crippen molar-refractivity contribution in [1.82, 2.24) is 21.1 Å². The van der Waals surface area contributed by atoms with Gasteiger partial charge in [0.1, 0.15) is 5.82 Å². The molecule has 1 saturated heterocycles. The number of nitrogens with zero attached hydrogens (tertiary/aromatic N) is 1. The normalized spacial score (nSPS) is 14.8. The Labute approximate surface area is 185 Å². The first kappa shape index (κ1) is 23.3. The Morgan fingerprint density at radius 3 is 2.38 bits per heavy atom. The van der Waals surface area contributed by atoms with Gasteiger partial charge in [0, 0.05) is 25.2 Å². The van der Waals surface area contributed by atoms with Crippen molar-refractivity contribution < 1.29 is 28.2 Å². The van der Waals surface area contributed by atoms with Gasteiger partial charge >= 0.3 is 6.03 Å². The second-order valence-corrected chi connectivity index (χ2v) is 7.07. The first-order valence-corrected chi connectivity index (χ1v) is 10.1. The smallest absolute Gasteiger partial charge is 0.333 e. The first-order valence-electron chi connectivity index (χ1n) is 10.1. The van der Waals surface area contributed by atoms with Crippen LogP contribution in [-0.4, -0.2) is 63.9 Å². The van der Waals surface area contributed by atoms with E-state index >= 15 is 0 Å². The predicted octanol–water partition coefficient (Wildman–Crippen LogP) is 1.86. The molecule has 1 unspecified atom stereocenters. The van der Waals surface area contributed by atoms with Crippen molar-refractivity contribution in [3.63, 3.8) is 0 Å². The zero-order valence-electron chi connectivity index (χ0n) is 18.0. The summed E-state index contributed by atoms with van der Waals surface area (Å²) in [6.07, 6.45) is 0. The lowest BCUT2D eigenvalue weighted by Gasteiger charge is -2.35. The highest BCUT2D eigenvalue weighted by atomic mass is 19.1. The molecule has 0 radical (unpaired) electrons. The molecule has 0 bridgehead atoms. The number of carbonyl (C=O) groups is 2. The minimum atomic E-state index is -0.570. The monoisotopic (exact) mass is 446 g/mol. The largest absolute Gasteiger partial charge is 0.493 e. The minimum Gasteiger partial charge on any atom is -0.493 e. The molecule has 1 heterocycles. The Morgan fingerprint density at radius 2 is 1.72 bits per heavy atom. The van der Waals surface area contributed by atoms with Gasteiger partial charge in [0.2, 0.25) is 0 Å². The van der Waals surface area contributed by atoms with E-state index in [0.29, 0.717) is 37.8 Å². The Kier molecular flexibility index (Phi) is 8.23. The van der Waals surface area contributed by atoms with Gasteiger partial charge in [-0.2, -0.15) is 0 Å². The Morgan fingerprint density at radius 1 is 1.03 bits per heavy atom. The molecule has 0 saturated carbocycles. The molecule has 32 heavy (non-hydrogen) atoms. The number of morpholine rings is 1. The zero-order valence-corrected chi connectivity index (χ0v) is 18.0. The molecule has 0 spiro atoms. The third kappa shape index (κ3) is 6.08. The van der Waals surface area contributed by atoms with Crippen molar-refractivity contribution in [1.29, 1.82) is 0 Å². The fourth-order valence-corrected chi connectivity index (χ4v) is 3.43. The van der Waals surface area contributed by atoms with Crippen LogP contribution >= 0.6 is 0 Å². The van der Waals surface area contributed by atoms with E-state index in [1.807, 2.05) is 18.2 Å². The maximum absolute atomic E-state index is 13.0. The highest BCUT2D eigenvalue weighted by Gasteiger charge is 2.24. The lowest BCUT2D eigenvalue weighted by Crippen LogP contribution is -2.50. The summed E-state index contributed by atoms with van der Waals surface area (Å²) in [5.74, 6) is 0.215. The van der Waals surface area contributed by atoms with Gasteiger partial charge in [-0.1, -0.05) is 6.07 Å². The van der Waals surface area contributed by atoms with E-state index in [0.717, 1.165) is 5.56 Å². The summed E-state index contributed by atoms with van der Waals surface area (Å²) in [6.45, 7) is 2.91. The SMILES string of the molecule is COc1ccc(C(CNC(=O)NNC(=O)c2ccc(F)cc2)N2CCOCC2)cc1OC. The van der Waals surface area contributed by atoms with Gasteiger partial charge in [-0.3, -0.25) is 15.1 Å². The first-order chi connectivity index (χ1) is 15.5. The molecule has 0 aromatic heterocycles. The van der Waals surface area contributed by atoms with Crippen molar-refractivity contribution in [2.75, 3.05) is 47.1 Å². The molecule has 2 aromatic rings. The fraction of sp³-hybridized carbons (Fsp3) is 0.364. The number of nitrogens with one attached hydrogen (secondary N) is 3. The molecule has 0 aliphatic carbocycles. The summed E-state index contributed by atoms with van der Waals surface area (Å²) in [5.41, 5.74) is 5.79. The van der Waals surface area contributed by atoms with Crippen molar-refractivity contribution in [2.24, 2.45) is 0 Å². The van der Waals surface area contributed by atoms with Crippen LogP contribution in [0.25, 0.3) is 0 Å². The van der Waals surface area contributed by atoms with Gasteiger partial charge in [0.15, 0.2) is 11.5 Å². The highest BCUT2D eigenvalue weighted by Crippen LogP contribution is 2.32. The quantitative estimate of drug-likeness (QED) is 0.562. The number of rotatable bonds is 7. The van der Waals surface area contributed by atoms with E-state index in [9.17, 15) is 14.0 Å². The summed E-state index contributed by atoms with van der Waals surface area (Å²) in [6, 6.07) is 9.93. The van der Waals surface area contributed by atoms with E-state index in [1.165, 1.54) is 24.3 Å². The van der Waals surface area contributed by atoms with Gasteiger partial charge < -0.3 is 19.5 Å². The molecule has 3 rings (SSSR count). The molecule has 1 aliphatic rings. The van der Waals surface area contributed by atoms with E-state index in [4.69, 9.17) is 14.2 Å². The van der Waals surface area contributed by atoms with Crippen LogP contribution in [-0.2, 0) is 4.74 Å². The average molecular weight is 446 g/mol. The van der Waals surface area contributed by atoms with Crippen LogP contribution in [0.4, 0.5) is 9.18 Å². The Hall–Kier alpha value is -3.37. The van der Waals surface area contributed by atoms with Crippen LogP contribution in [0.5, 0.6) is 11.5 Å². The number of benzene rings is 2. The van der Waals surface area contributed by atoms with Crippen LogP contribution in [0.3, 0.4) is 0 Å². The number of hydrogen-bond acceptors (Lipinski definition) is 6. The molecule has 3 amide bonds. The summed E-state index contributed by atoms with van der Waals surface area (Å²) >= 11 is 0. The molecular weight excluding hydrogens is 419 g/mol. The number of methoxy groups -OCH3 is 2. The van der Waals surface area contributed by atoms with Crippen molar-refractivity contribution in [3.05, 3.63) is 59.4 Å². The fourth-order valence-electron chi connectivity index (χ4n) is 3.43. The van der Waals surface area contributed by atoms with Gasteiger partial charge in [-0.25, -0.2) is 14.6 Å². The van der Waals surface area contributed by atoms with Crippen LogP contribution in [0.2, 0.25) is 0 Å². The molecule has 2 aromatic carbocycles. The number of carbonyl (C=O) groups excluding carboxylic acids is 2. The predicted molar refractivity (Wildman–Crippen MR) is 115 cm³/mol. The van der Waals surface area contributed by atoms with Crippen LogP contribution < -0.4 is 25.6 Å². The van der Waals surface area contributed by atoms with Gasteiger partial charge in [-0.05, 0) is 42.0 Å². The molecule has 1 fully saturated rings. The van der Waals surface area contributed by atoms with E-state index in [-0.39, 0.29) is 18.2 Å². The second kappa shape index (κ2) is 11.3. The molecule has 172 valence electrons. The summed E-state index contributed by atoms with van der Waals surface area (Å²) in [4.78, 5) is 26.6. The molecule has 10 heteroatoms. The molecule has 9 nitrogen and oxygen atoms in total. The number of urea groups is 1. The van der Waals surface area contributed by atoms with Crippen LogP contribution in [0.1, 0.15) is 22.0 Å². The van der Waals surface area contributed by atoms with Gasteiger partial charge in [0.25, 0.3) is 5.91 Å². The Bertz CT molecular complexity index is 919. The number of amides is 3. The van der Waals surface area contributed by atoms with E-state index in [1.54, 1.807) is 14.2 Å². The zero-order chi connectivity index (χ0) is 22.9. The minimum absolute atomic E-state index is 0.141. The second-order valence-electron chi connectivity index (χ2n) is 7.07. The molecular formula is C22H27FN4O5. The third-order valence-electron chi connectivity index (χ3n) is 5.13. The maximum Gasteiger partial charge on any atom is 0.333 e. The number of ether oxygens (including phenoxy) is 3. The number of hydrogen-bond donors (Lipinski definition) is 3. The molecule has 1 atom stereocenters. The van der Waals surface area contributed by atoms with Crippen molar-refractivity contribution >= 4 is 11.9 Å². The van der Waals surface area contributed by atoms with Crippen molar-refractivity contribution in [3.8, 4) is 11.5 Å². The molecule has 1 aliphatic heterocycles. The van der Waals surface area contributed by atoms with Crippen LogP contribution in [0, 0.1) is 5.82 Å². The topological polar surface area (TPSA) is 101 Å². The van der Waals surface area contributed by atoms with Crippen LogP contribution in [0.15, 0.2) is 42.5 Å². The summed E-state index contributed by atoms with van der Waals surface area (Å²) < 4.78 is 29.2. The maximum atomic E-state index is 13.0. The summed E-state index contributed by atoms with van der Waals surface area (Å²) in [5, 5.41) is 2.78. The number of hydrazine groups is 1. The number of halogens is 1. The lowest BCUT2D eigenvalue weighted by molar-refractivity contribution is 0.0166. The lowest BCUT2D eigenvalue weighted by atomic mass is 10.0. The molecule has 3 N–H and O–H groups in total. The van der Waals surface area contributed by atoms with Crippen molar-refractivity contribution in [2.45, 2.75) is 6.04 Å². The highest BCUT2D eigenvalue weighted by molar-refractivity contribution is 5.95. The average Bonchev–Trinajstić information content (AvgIpc) is 2.83. The standard InChI is InChI=1S/C22H27FN4O5/c1-30-19-8-5-16(13-20(19)31-2)18(27-9-11-32-12-10-27)14-24-22(29)26-25-21(28)15-3-6-17(23)7-4-15/h3-8,13,18H,9-12,14H2,1-2H3,(H,25,28)(H2,24,26,29). The third-order valence-corrected chi connectivity index (χ3v) is 5.13. The van der Waals surface area contributed by atoms with E-state index in [2.05, 4.69) is 21.1 Å². The van der Waals surface area contributed by atoms with Gasteiger partial charge in [-0.15, -0.1) is 0 Å². The Balaban J connectivity index is 1.62.